The van der Waals surface area contributed by atoms with Gasteiger partial charge in [0.15, 0.2) is 0 Å². The van der Waals surface area contributed by atoms with E-state index < -0.39 is 31.0 Å². The van der Waals surface area contributed by atoms with Crippen molar-refractivity contribution in [1.29, 1.82) is 0 Å². The average Bonchev–Trinajstić information content (AvgIpc) is 2.25. The van der Waals surface area contributed by atoms with Crippen molar-refractivity contribution in [2.24, 2.45) is 0 Å². The van der Waals surface area contributed by atoms with Crippen LogP contribution in [-0.2, 0) is 0 Å². The molecule has 0 spiro atoms. The normalized spacial score (nSPS) is 18.7. The second kappa shape index (κ2) is 7.38. The molecule has 0 radical (unpaired) electrons. The Labute approximate surface area is 105 Å². The maximum Gasteiger partial charge on any atom is 0.133 e. The zero-order valence-electron chi connectivity index (χ0n) is 8.76. The summed E-state index contributed by atoms with van der Waals surface area (Å²) < 4.78 is 0.225. The molecule has 0 saturated carbocycles. The van der Waals surface area contributed by atoms with E-state index in [1.165, 1.54) is 4.90 Å². The monoisotopic (exact) mass is 271 g/mol. The van der Waals surface area contributed by atoms with Gasteiger partial charge in [0, 0.05) is 13.6 Å². The van der Waals surface area contributed by atoms with Crippen LogP contribution < -0.4 is 0 Å². The lowest BCUT2D eigenvalue weighted by Gasteiger charge is -2.28. The molecule has 0 fully saturated rings. The van der Waals surface area contributed by atoms with Crippen LogP contribution >= 0.6 is 24.8 Å². The van der Waals surface area contributed by atoms with Crippen LogP contribution in [0.4, 0.5) is 0 Å². The zero-order valence-corrected chi connectivity index (χ0v) is 10.5. The molecule has 0 rings (SSSR count). The van der Waals surface area contributed by atoms with Crippen molar-refractivity contribution in [1.82, 2.24) is 4.90 Å². The molecule has 0 saturated heterocycles. The SMILES string of the molecule is CN(C[C@@H](O)[C@@H](O)[C@H](O)[C@@H](O)CO)C(=S)S. The first kappa shape index (κ1) is 16.0. The van der Waals surface area contributed by atoms with Crippen molar-refractivity contribution in [3.63, 3.8) is 0 Å². The predicted molar refractivity (Wildman–Crippen MR) is 65.3 cm³/mol. The molecule has 5 N–H and O–H groups in total. The molecule has 0 unspecified atom stereocenters. The Morgan fingerprint density at radius 1 is 1.19 bits per heavy atom. The number of thiocarbonyl (C=S) groups is 1. The summed E-state index contributed by atoms with van der Waals surface area (Å²) in [6, 6.07) is 0. The summed E-state index contributed by atoms with van der Waals surface area (Å²) >= 11 is 8.57. The molecule has 0 amide bonds. The standard InChI is InChI=1S/C8H17NO5S2/c1-9(8(15)16)2-4(11)6(13)7(14)5(12)3-10/h4-7,10-14H,2-3H2,1H3,(H,15,16)/t4-,5+,6-,7-/m1/s1. The van der Waals surface area contributed by atoms with Crippen LogP contribution in [0, 0.1) is 0 Å². The van der Waals surface area contributed by atoms with Crippen LogP contribution in [0.2, 0.25) is 0 Å². The summed E-state index contributed by atoms with van der Waals surface area (Å²) in [4.78, 5) is 1.39. The minimum Gasteiger partial charge on any atom is -0.394 e. The number of hydrogen-bond acceptors (Lipinski definition) is 6. The lowest BCUT2D eigenvalue weighted by atomic mass is 10.0. The number of aliphatic hydroxyl groups is 5. The van der Waals surface area contributed by atoms with Gasteiger partial charge in [0.25, 0.3) is 0 Å². The molecule has 0 aliphatic heterocycles. The number of aliphatic hydroxyl groups excluding tert-OH is 5. The second-order valence-corrected chi connectivity index (χ2v) is 4.57. The van der Waals surface area contributed by atoms with E-state index in [2.05, 4.69) is 12.6 Å². The van der Waals surface area contributed by atoms with Gasteiger partial charge in [-0.3, -0.25) is 0 Å². The van der Waals surface area contributed by atoms with E-state index in [4.69, 9.17) is 22.4 Å². The van der Waals surface area contributed by atoms with E-state index in [1.807, 2.05) is 0 Å². The van der Waals surface area contributed by atoms with Gasteiger partial charge in [0.05, 0.1) is 12.7 Å². The van der Waals surface area contributed by atoms with Crippen molar-refractivity contribution < 1.29 is 25.5 Å². The quantitative estimate of drug-likeness (QED) is 0.236. The lowest BCUT2D eigenvalue weighted by molar-refractivity contribution is -0.116. The highest BCUT2D eigenvalue weighted by atomic mass is 32.1. The summed E-state index contributed by atoms with van der Waals surface area (Å²) in [5, 5.41) is 45.9. The summed E-state index contributed by atoms with van der Waals surface area (Å²) in [5.41, 5.74) is 0. The van der Waals surface area contributed by atoms with Gasteiger partial charge in [-0.1, -0.05) is 12.2 Å². The molecule has 0 aromatic rings. The van der Waals surface area contributed by atoms with Gasteiger partial charge in [-0.05, 0) is 0 Å². The van der Waals surface area contributed by atoms with Gasteiger partial charge in [0.1, 0.15) is 22.6 Å². The molecular weight excluding hydrogens is 254 g/mol. The first-order valence-corrected chi connectivity index (χ1v) is 5.44. The molecule has 0 aliphatic carbocycles. The van der Waals surface area contributed by atoms with Crippen LogP contribution in [0.5, 0.6) is 0 Å². The van der Waals surface area contributed by atoms with Gasteiger partial charge < -0.3 is 30.4 Å². The fraction of sp³-hybridized carbons (Fsp3) is 0.875. The third kappa shape index (κ3) is 4.91. The number of rotatable bonds is 6. The molecule has 0 bridgehead atoms. The molecule has 0 heterocycles. The van der Waals surface area contributed by atoms with E-state index in [1.54, 1.807) is 7.05 Å². The minimum absolute atomic E-state index is 0.0429. The number of likely N-dealkylation sites (N-methyl/N-ethyl adjacent to an activating group) is 1. The Bertz CT molecular complexity index is 230. The van der Waals surface area contributed by atoms with Gasteiger partial charge in [-0.25, -0.2) is 0 Å². The Kier molecular flexibility index (Phi) is 7.40. The minimum atomic E-state index is -1.62. The summed E-state index contributed by atoms with van der Waals surface area (Å²) in [6.45, 7) is -0.746. The van der Waals surface area contributed by atoms with Crippen LogP contribution in [0.25, 0.3) is 0 Å². The van der Waals surface area contributed by atoms with Crippen LogP contribution in [0.3, 0.4) is 0 Å². The smallest absolute Gasteiger partial charge is 0.133 e. The molecule has 96 valence electrons. The largest absolute Gasteiger partial charge is 0.394 e. The highest BCUT2D eigenvalue weighted by Crippen LogP contribution is 2.07. The van der Waals surface area contributed by atoms with E-state index in [0.29, 0.717) is 0 Å². The fourth-order valence-corrected chi connectivity index (χ4v) is 1.19. The summed E-state index contributed by atoms with van der Waals surface area (Å²) in [5.74, 6) is 0. The average molecular weight is 271 g/mol. The van der Waals surface area contributed by atoms with Crippen molar-refractivity contribution in [3.05, 3.63) is 0 Å². The highest BCUT2D eigenvalue weighted by Gasteiger charge is 2.30. The molecule has 0 aromatic heterocycles. The van der Waals surface area contributed by atoms with E-state index in [9.17, 15) is 15.3 Å². The van der Waals surface area contributed by atoms with Crippen LogP contribution in [-0.4, -0.2) is 79.4 Å². The Morgan fingerprint density at radius 2 is 1.62 bits per heavy atom. The molecule has 16 heavy (non-hydrogen) atoms. The summed E-state index contributed by atoms with van der Waals surface area (Å²) in [7, 11) is 1.56. The Hall–Kier alpha value is 0.0400. The lowest BCUT2D eigenvalue weighted by Crippen LogP contribution is -2.49. The zero-order chi connectivity index (χ0) is 12.9. The third-order valence-corrected chi connectivity index (χ3v) is 2.77. The molecular formula is C8H17NO5S2. The molecule has 8 heteroatoms. The van der Waals surface area contributed by atoms with Crippen molar-refractivity contribution in [2.45, 2.75) is 24.4 Å². The van der Waals surface area contributed by atoms with Crippen molar-refractivity contribution in [3.8, 4) is 0 Å². The van der Waals surface area contributed by atoms with E-state index in [-0.39, 0.29) is 10.9 Å². The van der Waals surface area contributed by atoms with Gasteiger partial charge in [-0.2, -0.15) is 0 Å². The van der Waals surface area contributed by atoms with Crippen molar-refractivity contribution in [2.75, 3.05) is 20.2 Å². The maximum atomic E-state index is 9.51. The first-order valence-electron chi connectivity index (χ1n) is 4.58. The highest BCUT2D eigenvalue weighted by molar-refractivity contribution is 8.10. The number of hydrogen-bond donors (Lipinski definition) is 6. The second-order valence-electron chi connectivity index (χ2n) is 3.46. The van der Waals surface area contributed by atoms with Gasteiger partial charge in [0.2, 0.25) is 0 Å². The Morgan fingerprint density at radius 3 is 2.00 bits per heavy atom. The maximum absolute atomic E-state index is 9.51. The predicted octanol–water partition coefficient (Wildman–Crippen LogP) is -2.43. The number of thiol groups is 1. The van der Waals surface area contributed by atoms with Crippen LogP contribution in [0.15, 0.2) is 0 Å². The van der Waals surface area contributed by atoms with E-state index >= 15 is 0 Å². The molecule has 6 nitrogen and oxygen atoms in total. The van der Waals surface area contributed by atoms with Crippen molar-refractivity contribution >= 4 is 29.2 Å². The van der Waals surface area contributed by atoms with Gasteiger partial charge >= 0.3 is 0 Å². The third-order valence-electron chi connectivity index (χ3n) is 2.11. The topological polar surface area (TPSA) is 104 Å². The Balaban J connectivity index is 4.27. The fourth-order valence-electron chi connectivity index (χ4n) is 1.03. The summed E-state index contributed by atoms with van der Waals surface area (Å²) in [6.07, 6.45) is -6.02. The molecule has 0 aromatic carbocycles. The molecule has 0 aliphatic rings. The first-order chi connectivity index (χ1) is 7.31. The molecule has 4 atom stereocenters. The van der Waals surface area contributed by atoms with Gasteiger partial charge in [-0.15, -0.1) is 12.6 Å². The van der Waals surface area contributed by atoms with E-state index in [0.717, 1.165) is 0 Å². The number of nitrogens with zero attached hydrogens (tertiary/aromatic N) is 1. The van der Waals surface area contributed by atoms with Crippen LogP contribution in [0.1, 0.15) is 0 Å².